The molecule has 0 spiro atoms. The molecule has 0 aliphatic carbocycles. The summed E-state index contributed by atoms with van der Waals surface area (Å²) in [6.45, 7) is 6.94. The highest BCUT2D eigenvalue weighted by Gasteiger charge is 2.59. The number of fused-ring (bicyclic) bond motifs is 1. The summed E-state index contributed by atoms with van der Waals surface area (Å²) in [5.41, 5.74) is 1.74. The number of hydrogen-bond acceptors (Lipinski definition) is 9. The fraction of sp³-hybridized carbons (Fsp3) is 0.478. The Hall–Kier alpha value is -1.57. The van der Waals surface area contributed by atoms with Gasteiger partial charge in [-0.15, -0.1) is 11.6 Å². The highest BCUT2D eigenvalue weighted by Crippen LogP contribution is 2.41. The van der Waals surface area contributed by atoms with Gasteiger partial charge in [-0.25, -0.2) is 0 Å². The molecule has 2 aromatic rings. The molecule has 0 saturated carbocycles. The molecule has 0 amide bonds. The van der Waals surface area contributed by atoms with Crippen LogP contribution in [0.5, 0.6) is 0 Å². The maximum Gasteiger partial charge on any atom is 0.297 e. The highest BCUT2D eigenvalue weighted by molar-refractivity contribution is 7.87. The van der Waals surface area contributed by atoms with Gasteiger partial charge in [0.25, 0.3) is 20.2 Å². The first-order valence-electron chi connectivity index (χ1n) is 10.9. The van der Waals surface area contributed by atoms with Gasteiger partial charge in [-0.1, -0.05) is 35.4 Å². The third-order valence-corrected chi connectivity index (χ3v) is 8.63. The second-order valence-electron chi connectivity index (χ2n) is 8.95. The zero-order valence-corrected chi connectivity index (χ0v) is 22.0. The molecule has 5 atom stereocenters. The molecule has 2 aliphatic rings. The lowest BCUT2D eigenvalue weighted by Gasteiger charge is -2.29. The molecule has 192 valence electrons. The van der Waals surface area contributed by atoms with E-state index in [2.05, 4.69) is 0 Å². The van der Waals surface area contributed by atoms with E-state index in [4.69, 9.17) is 34.2 Å². The van der Waals surface area contributed by atoms with Crippen LogP contribution in [0.2, 0.25) is 0 Å². The van der Waals surface area contributed by atoms with Gasteiger partial charge in [0.1, 0.15) is 24.4 Å². The largest absolute Gasteiger partial charge is 0.341 e. The summed E-state index contributed by atoms with van der Waals surface area (Å²) in [6, 6.07) is 12.2. The number of benzene rings is 2. The smallest absolute Gasteiger partial charge is 0.297 e. The van der Waals surface area contributed by atoms with Crippen molar-refractivity contribution in [3.63, 3.8) is 0 Å². The number of hydrogen-bond donors (Lipinski definition) is 0. The predicted molar refractivity (Wildman–Crippen MR) is 126 cm³/mol. The van der Waals surface area contributed by atoms with Crippen molar-refractivity contribution in [2.75, 3.05) is 5.88 Å². The number of aryl methyl sites for hydroxylation is 2. The summed E-state index contributed by atoms with van der Waals surface area (Å²) in [7, 11) is -8.52. The standard InChI is InChI=1S/C23H27ClO9S2/c1-14-5-9-16(10-6-14)34(25,26)32-18(13-24)19-20(21-22(29-19)31-23(3,4)30-21)33-35(27,28)17-11-7-15(2)8-12-17/h5-12,18-22H,13H2,1-4H3/t18-,19?,20-,21+,22+/m0/s1. The molecule has 2 saturated heterocycles. The van der Waals surface area contributed by atoms with Gasteiger partial charge in [-0.05, 0) is 52.0 Å². The summed E-state index contributed by atoms with van der Waals surface area (Å²) in [4.78, 5) is -0.145. The molecule has 2 heterocycles. The zero-order chi connectivity index (χ0) is 25.6. The molecule has 2 aromatic carbocycles. The average Bonchev–Trinajstić information content (AvgIpc) is 3.24. The fourth-order valence-electron chi connectivity index (χ4n) is 3.91. The first-order valence-corrected chi connectivity index (χ1v) is 14.2. The topological polar surface area (TPSA) is 114 Å². The van der Waals surface area contributed by atoms with E-state index in [-0.39, 0.29) is 15.7 Å². The van der Waals surface area contributed by atoms with Crippen LogP contribution in [0.1, 0.15) is 25.0 Å². The minimum atomic E-state index is -4.28. The van der Waals surface area contributed by atoms with E-state index in [1.54, 1.807) is 38.1 Å². The second kappa shape index (κ2) is 9.71. The van der Waals surface area contributed by atoms with Gasteiger partial charge in [0, 0.05) is 0 Å². The van der Waals surface area contributed by atoms with Crippen LogP contribution in [0, 0.1) is 13.8 Å². The normalized spacial score (nSPS) is 27.0. The van der Waals surface area contributed by atoms with Crippen LogP contribution in [-0.2, 0) is 42.8 Å². The van der Waals surface area contributed by atoms with Crippen LogP contribution < -0.4 is 0 Å². The van der Waals surface area contributed by atoms with Crippen molar-refractivity contribution in [1.29, 1.82) is 0 Å². The molecule has 0 aromatic heterocycles. The Bertz CT molecular complexity index is 1260. The molecule has 0 N–H and O–H groups in total. The van der Waals surface area contributed by atoms with Gasteiger partial charge in [-0.2, -0.15) is 16.8 Å². The van der Waals surface area contributed by atoms with Crippen LogP contribution in [0.15, 0.2) is 58.3 Å². The Kier molecular flexibility index (Phi) is 7.35. The van der Waals surface area contributed by atoms with Crippen LogP contribution in [0.4, 0.5) is 0 Å². The minimum Gasteiger partial charge on any atom is -0.341 e. The lowest BCUT2D eigenvalue weighted by molar-refractivity contribution is -0.220. The van der Waals surface area contributed by atoms with Gasteiger partial charge in [0.15, 0.2) is 12.1 Å². The molecular formula is C23H27ClO9S2. The van der Waals surface area contributed by atoms with Gasteiger partial charge < -0.3 is 14.2 Å². The average molecular weight is 547 g/mol. The fourth-order valence-corrected chi connectivity index (χ4v) is 6.40. The Morgan fingerprint density at radius 1 is 0.886 bits per heavy atom. The number of rotatable bonds is 8. The van der Waals surface area contributed by atoms with Crippen molar-refractivity contribution in [3.8, 4) is 0 Å². The molecule has 9 nitrogen and oxygen atoms in total. The number of alkyl halides is 1. The predicted octanol–water partition coefficient (Wildman–Crippen LogP) is 3.27. The van der Waals surface area contributed by atoms with Gasteiger partial charge in [0.2, 0.25) is 0 Å². The Morgan fingerprint density at radius 3 is 1.91 bits per heavy atom. The first kappa shape index (κ1) is 26.5. The molecule has 4 rings (SSSR count). The van der Waals surface area contributed by atoms with Crippen LogP contribution in [0.25, 0.3) is 0 Å². The lowest BCUT2D eigenvalue weighted by atomic mass is 10.1. The third kappa shape index (κ3) is 5.72. The lowest BCUT2D eigenvalue weighted by Crippen LogP contribution is -2.46. The van der Waals surface area contributed by atoms with Crippen molar-refractivity contribution in [1.82, 2.24) is 0 Å². The van der Waals surface area contributed by atoms with Gasteiger partial charge in [-0.3, -0.25) is 8.37 Å². The van der Waals surface area contributed by atoms with E-state index >= 15 is 0 Å². The molecule has 0 bridgehead atoms. The molecule has 35 heavy (non-hydrogen) atoms. The molecule has 2 aliphatic heterocycles. The van der Waals surface area contributed by atoms with Gasteiger partial charge in [0.05, 0.1) is 15.7 Å². The first-order chi connectivity index (χ1) is 16.3. The summed E-state index contributed by atoms with van der Waals surface area (Å²) in [6.07, 6.45) is -5.78. The van der Waals surface area contributed by atoms with Crippen molar-refractivity contribution in [2.45, 2.75) is 74.0 Å². The quantitative estimate of drug-likeness (QED) is 0.363. The molecule has 1 unspecified atom stereocenters. The molecule has 2 fully saturated rings. The second-order valence-corrected chi connectivity index (χ2v) is 12.4. The minimum absolute atomic E-state index is 0.0703. The van der Waals surface area contributed by atoms with Crippen LogP contribution >= 0.6 is 11.6 Å². The molecule has 12 heteroatoms. The molecular weight excluding hydrogens is 520 g/mol. The maximum absolute atomic E-state index is 13.1. The van der Waals surface area contributed by atoms with Crippen molar-refractivity contribution in [2.24, 2.45) is 0 Å². The van der Waals surface area contributed by atoms with E-state index in [1.807, 2.05) is 13.8 Å². The summed E-state index contributed by atoms with van der Waals surface area (Å²) in [5.74, 6) is -1.40. The van der Waals surface area contributed by atoms with Crippen molar-refractivity contribution in [3.05, 3.63) is 59.7 Å². The van der Waals surface area contributed by atoms with E-state index in [0.29, 0.717) is 0 Å². The maximum atomic E-state index is 13.1. The van der Waals surface area contributed by atoms with Gasteiger partial charge >= 0.3 is 0 Å². The van der Waals surface area contributed by atoms with E-state index in [0.717, 1.165) is 11.1 Å². The van der Waals surface area contributed by atoms with Crippen LogP contribution in [-0.4, -0.2) is 59.2 Å². The Balaban J connectivity index is 1.63. The SMILES string of the molecule is Cc1ccc(S(=O)(=O)O[C@@H](CCl)C2O[C@@H]3OC(C)(C)O[C@@H]3[C@H]2OS(=O)(=O)c2ccc(C)cc2)cc1. The van der Waals surface area contributed by atoms with E-state index < -0.39 is 56.7 Å². The Labute approximate surface area is 210 Å². The Morgan fingerprint density at radius 2 is 1.40 bits per heavy atom. The number of ether oxygens (including phenoxy) is 3. The van der Waals surface area contributed by atoms with Crippen molar-refractivity contribution >= 4 is 31.8 Å². The summed E-state index contributed by atoms with van der Waals surface area (Å²) >= 11 is 6.09. The summed E-state index contributed by atoms with van der Waals surface area (Å²) < 4.78 is 80.4. The number of halogens is 1. The van der Waals surface area contributed by atoms with E-state index in [1.165, 1.54) is 24.3 Å². The zero-order valence-electron chi connectivity index (χ0n) is 19.6. The monoisotopic (exact) mass is 546 g/mol. The molecule has 0 radical (unpaired) electrons. The van der Waals surface area contributed by atoms with E-state index in [9.17, 15) is 16.8 Å². The summed E-state index contributed by atoms with van der Waals surface area (Å²) in [5, 5.41) is 0. The van der Waals surface area contributed by atoms with Crippen molar-refractivity contribution < 1.29 is 39.4 Å². The van der Waals surface area contributed by atoms with Crippen LogP contribution in [0.3, 0.4) is 0 Å². The third-order valence-electron chi connectivity index (χ3n) is 5.65. The highest BCUT2D eigenvalue weighted by atomic mass is 35.5.